The molecule has 2 aliphatic carbocycles. The number of nitrogens with zero attached hydrogens (tertiary/aromatic N) is 3. The molecule has 2 heterocycles. The summed E-state index contributed by atoms with van der Waals surface area (Å²) in [5.41, 5.74) is 1.27. The highest BCUT2D eigenvalue weighted by molar-refractivity contribution is 5.27. The van der Waals surface area contributed by atoms with E-state index < -0.39 is 0 Å². The van der Waals surface area contributed by atoms with Crippen molar-refractivity contribution in [1.29, 1.82) is 0 Å². The molecule has 1 saturated carbocycles. The van der Waals surface area contributed by atoms with E-state index in [0.29, 0.717) is 0 Å². The second kappa shape index (κ2) is 5.45. The summed E-state index contributed by atoms with van der Waals surface area (Å²) in [4.78, 5) is 8.45. The van der Waals surface area contributed by atoms with E-state index in [1.165, 1.54) is 18.4 Å². The minimum Gasteiger partial charge on any atom is -0.312 e. The second-order valence-corrected chi connectivity index (χ2v) is 6.16. The van der Waals surface area contributed by atoms with E-state index in [9.17, 15) is 0 Å². The van der Waals surface area contributed by atoms with Gasteiger partial charge >= 0.3 is 0 Å². The maximum absolute atomic E-state index is 4.38. The lowest BCUT2D eigenvalue weighted by molar-refractivity contribution is 0.414. The van der Waals surface area contributed by atoms with E-state index in [1.807, 2.05) is 17.0 Å². The Morgan fingerprint density at radius 3 is 3.00 bits per heavy atom. The highest BCUT2D eigenvalue weighted by Gasteiger charge is 2.34. The molecule has 2 bridgehead atoms. The maximum atomic E-state index is 4.38. The van der Waals surface area contributed by atoms with Gasteiger partial charge in [-0.3, -0.25) is 4.57 Å². The van der Waals surface area contributed by atoms with Gasteiger partial charge in [0.05, 0.1) is 0 Å². The summed E-state index contributed by atoms with van der Waals surface area (Å²) in [6.45, 7) is 2.02. The fourth-order valence-corrected chi connectivity index (χ4v) is 3.64. The third-order valence-corrected chi connectivity index (χ3v) is 4.73. The van der Waals surface area contributed by atoms with E-state index in [-0.39, 0.29) is 0 Å². The largest absolute Gasteiger partial charge is 0.312 e. The predicted octanol–water partition coefficient (Wildman–Crippen LogP) is 2.57. The number of hydrogen-bond acceptors (Lipinski definition) is 3. The van der Waals surface area contributed by atoms with Crippen molar-refractivity contribution >= 4 is 0 Å². The third kappa shape index (κ3) is 2.63. The van der Waals surface area contributed by atoms with Crippen molar-refractivity contribution < 1.29 is 0 Å². The van der Waals surface area contributed by atoms with Gasteiger partial charge in [-0.05, 0) is 54.8 Å². The molecule has 1 N–H and O–H groups in total. The van der Waals surface area contributed by atoms with Crippen LogP contribution in [0.5, 0.6) is 0 Å². The van der Waals surface area contributed by atoms with Crippen LogP contribution in [0.15, 0.2) is 49.2 Å². The molecular formula is C17H20N4. The average Bonchev–Trinajstić information content (AvgIpc) is 3.25. The molecule has 0 spiro atoms. The Labute approximate surface area is 124 Å². The van der Waals surface area contributed by atoms with Gasteiger partial charge in [-0.15, -0.1) is 0 Å². The Morgan fingerprint density at radius 2 is 2.24 bits per heavy atom. The summed E-state index contributed by atoms with van der Waals surface area (Å²) in [5.74, 6) is 3.43. The summed E-state index contributed by atoms with van der Waals surface area (Å²) in [7, 11) is 0. The van der Waals surface area contributed by atoms with E-state index >= 15 is 0 Å². The van der Waals surface area contributed by atoms with Crippen molar-refractivity contribution in [2.45, 2.75) is 19.4 Å². The summed E-state index contributed by atoms with van der Waals surface area (Å²) in [6, 6.07) is 4.20. The first-order valence-electron chi connectivity index (χ1n) is 7.71. The minimum atomic E-state index is 0.821. The first-order chi connectivity index (χ1) is 10.4. The molecule has 0 unspecified atom stereocenters. The van der Waals surface area contributed by atoms with Crippen LogP contribution >= 0.6 is 0 Å². The van der Waals surface area contributed by atoms with Gasteiger partial charge in [0.1, 0.15) is 12.1 Å². The summed E-state index contributed by atoms with van der Waals surface area (Å²) in [6.07, 6.45) is 14.9. The zero-order valence-corrected chi connectivity index (χ0v) is 12.0. The number of rotatable bonds is 5. The third-order valence-electron chi connectivity index (χ3n) is 4.73. The maximum Gasteiger partial charge on any atom is 0.138 e. The van der Waals surface area contributed by atoms with Crippen LogP contribution in [-0.4, -0.2) is 21.1 Å². The molecule has 2 aromatic rings. The Morgan fingerprint density at radius 1 is 1.24 bits per heavy atom. The van der Waals surface area contributed by atoms with Crippen molar-refractivity contribution in [2.75, 3.05) is 6.54 Å². The van der Waals surface area contributed by atoms with Crippen LogP contribution in [0, 0.1) is 17.8 Å². The molecule has 21 heavy (non-hydrogen) atoms. The molecule has 4 heteroatoms. The number of imidazole rings is 1. The zero-order valence-electron chi connectivity index (χ0n) is 12.0. The molecule has 1 fully saturated rings. The van der Waals surface area contributed by atoms with E-state index in [0.717, 1.165) is 36.7 Å². The standard InChI is InChI=1S/C17H20N4/c1-2-15-7-13(1)8-16(15)11-19-10-14-3-4-20-17(9-14)21-6-5-18-12-21/h1-6,9,12-13,15-16,19H,7-8,10-11H2/t13-,15-,16+/m0/s1. The lowest BCUT2D eigenvalue weighted by Crippen LogP contribution is -2.25. The minimum absolute atomic E-state index is 0.821. The van der Waals surface area contributed by atoms with Crippen molar-refractivity contribution in [2.24, 2.45) is 17.8 Å². The molecule has 0 radical (unpaired) electrons. The van der Waals surface area contributed by atoms with Crippen molar-refractivity contribution in [3.8, 4) is 5.82 Å². The molecule has 4 rings (SSSR count). The van der Waals surface area contributed by atoms with Crippen LogP contribution in [0.4, 0.5) is 0 Å². The van der Waals surface area contributed by atoms with Crippen LogP contribution < -0.4 is 5.32 Å². The van der Waals surface area contributed by atoms with Crippen LogP contribution in [0.3, 0.4) is 0 Å². The normalized spacial score (nSPS) is 26.6. The Hall–Kier alpha value is -1.94. The van der Waals surface area contributed by atoms with Gasteiger partial charge < -0.3 is 5.32 Å². The first-order valence-corrected chi connectivity index (χ1v) is 7.71. The molecule has 0 aliphatic heterocycles. The van der Waals surface area contributed by atoms with Crippen LogP contribution in [-0.2, 0) is 6.54 Å². The van der Waals surface area contributed by atoms with Gasteiger partial charge in [0, 0.05) is 25.1 Å². The Balaban J connectivity index is 1.35. The number of hydrogen-bond donors (Lipinski definition) is 1. The van der Waals surface area contributed by atoms with E-state index in [4.69, 9.17) is 0 Å². The van der Waals surface area contributed by atoms with Crippen molar-refractivity contribution in [3.05, 3.63) is 54.8 Å². The van der Waals surface area contributed by atoms with Crippen molar-refractivity contribution in [3.63, 3.8) is 0 Å². The van der Waals surface area contributed by atoms with Gasteiger partial charge in [-0.25, -0.2) is 9.97 Å². The second-order valence-electron chi connectivity index (χ2n) is 6.16. The molecule has 0 aromatic carbocycles. The van der Waals surface area contributed by atoms with Crippen LogP contribution in [0.1, 0.15) is 18.4 Å². The summed E-state index contributed by atoms with van der Waals surface area (Å²) >= 11 is 0. The summed E-state index contributed by atoms with van der Waals surface area (Å²) < 4.78 is 1.93. The van der Waals surface area contributed by atoms with Crippen LogP contribution in [0.25, 0.3) is 5.82 Å². The molecule has 3 atom stereocenters. The Kier molecular flexibility index (Phi) is 3.31. The number of nitrogens with one attached hydrogen (secondary N) is 1. The number of aromatic nitrogens is 3. The molecule has 2 aliphatic rings. The highest BCUT2D eigenvalue weighted by Crippen LogP contribution is 2.42. The van der Waals surface area contributed by atoms with Gasteiger partial charge in [0.15, 0.2) is 0 Å². The number of allylic oxidation sites excluding steroid dienone is 2. The molecule has 0 amide bonds. The first kappa shape index (κ1) is 12.8. The van der Waals surface area contributed by atoms with Gasteiger partial charge in [-0.1, -0.05) is 12.2 Å². The predicted molar refractivity (Wildman–Crippen MR) is 81.9 cm³/mol. The average molecular weight is 280 g/mol. The van der Waals surface area contributed by atoms with Gasteiger partial charge in [0.25, 0.3) is 0 Å². The lowest BCUT2D eigenvalue weighted by Gasteiger charge is -2.18. The fraction of sp³-hybridized carbons (Fsp3) is 0.412. The number of pyridine rings is 1. The molecule has 108 valence electrons. The van der Waals surface area contributed by atoms with Crippen LogP contribution in [0.2, 0.25) is 0 Å². The highest BCUT2D eigenvalue weighted by atomic mass is 15.1. The Bertz CT molecular complexity index is 632. The topological polar surface area (TPSA) is 42.7 Å². The summed E-state index contributed by atoms with van der Waals surface area (Å²) in [5, 5.41) is 3.61. The van der Waals surface area contributed by atoms with E-state index in [1.54, 1.807) is 12.5 Å². The van der Waals surface area contributed by atoms with E-state index in [2.05, 4.69) is 39.6 Å². The number of fused-ring (bicyclic) bond motifs is 2. The smallest absolute Gasteiger partial charge is 0.138 e. The molecule has 0 saturated heterocycles. The fourth-order valence-electron chi connectivity index (χ4n) is 3.64. The molecule has 4 nitrogen and oxygen atoms in total. The molecule has 2 aromatic heterocycles. The van der Waals surface area contributed by atoms with Crippen molar-refractivity contribution in [1.82, 2.24) is 19.9 Å². The van der Waals surface area contributed by atoms with Gasteiger partial charge in [-0.2, -0.15) is 0 Å². The zero-order chi connectivity index (χ0) is 14.1. The molecular weight excluding hydrogens is 260 g/mol. The monoisotopic (exact) mass is 280 g/mol. The van der Waals surface area contributed by atoms with Gasteiger partial charge in [0.2, 0.25) is 0 Å². The quantitative estimate of drug-likeness (QED) is 0.856. The SMILES string of the molecule is C1=C[C@H]2C[C@H]1C[C@@H]2CNCc1ccnc(-n2ccnc2)c1. The lowest BCUT2D eigenvalue weighted by atomic mass is 9.93.